The van der Waals surface area contributed by atoms with Gasteiger partial charge in [-0.1, -0.05) is 6.07 Å². The van der Waals surface area contributed by atoms with Gasteiger partial charge in [0.15, 0.2) is 5.96 Å². The smallest absolute Gasteiger partial charge is 0.195 e. The Morgan fingerprint density at radius 3 is 3.12 bits per heavy atom. The lowest BCUT2D eigenvalue weighted by atomic mass is 10.2. The van der Waals surface area contributed by atoms with Gasteiger partial charge in [0, 0.05) is 11.0 Å². The van der Waals surface area contributed by atoms with Gasteiger partial charge in [-0.2, -0.15) is 0 Å². The van der Waals surface area contributed by atoms with Gasteiger partial charge >= 0.3 is 0 Å². The molecule has 2 aromatic rings. The van der Waals surface area contributed by atoms with Crippen LogP contribution in [0.5, 0.6) is 0 Å². The molecule has 82 valence electrons. The summed E-state index contributed by atoms with van der Waals surface area (Å²) >= 11 is 5.31. The first-order valence-corrected chi connectivity index (χ1v) is 6.73. The maximum absolute atomic E-state index is 4.34. The molecule has 0 radical (unpaired) electrons. The molecule has 5 heteroatoms. The van der Waals surface area contributed by atoms with Crippen molar-refractivity contribution in [2.75, 3.05) is 18.4 Å². The van der Waals surface area contributed by atoms with Gasteiger partial charge in [0.05, 0.1) is 16.9 Å². The summed E-state index contributed by atoms with van der Waals surface area (Å²) in [6.45, 7) is 1.76. The highest BCUT2D eigenvalue weighted by Crippen LogP contribution is 2.35. The fourth-order valence-corrected chi connectivity index (χ4v) is 3.19. The van der Waals surface area contributed by atoms with E-state index in [1.807, 2.05) is 0 Å². The van der Waals surface area contributed by atoms with E-state index in [2.05, 4.69) is 55.1 Å². The number of benzene rings is 1. The van der Waals surface area contributed by atoms with Crippen LogP contribution < -0.4 is 10.6 Å². The number of rotatable bonds is 1. The van der Waals surface area contributed by atoms with Crippen LogP contribution in [0.25, 0.3) is 10.1 Å². The zero-order valence-electron chi connectivity index (χ0n) is 8.46. The molecule has 3 nitrogen and oxygen atoms in total. The SMILES string of the molecule is Brc1ccc2ccsc2c1NC1=NCCN1. The zero-order chi connectivity index (χ0) is 11.0. The monoisotopic (exact) mass is 295 g/mol. The summed E-state index contributed by atoms with van der Waals surface area (Å²) in [4.78, 5) is 4.34. The van der Waals surface area contributed by atoms with Crippen LogP contribution in [0, 0.1) is 0 Å². The lowest BCUT2D eigenvalue weighted by molar-refractivity contribution is 0.959. The summed E-state index contributed by atoms with van der Waals surface area (Å²) in [6.07, 6.45) is 0. The number of aliphatic imine (C=N–C) groups is 1. The average molecular weight is 296 g/mol. The first-order valence-electron chi connectivity index (χ1n) is 5.05. The van der Waals surface area contributed by atoms with Crippen LogP contribution in [-0.4, -0.2) is 19.0 Å². The predicted octanol–water partition coefficient (Wildman–Crippen LogP) is 3.03. The third-order valence-corrected chi connectivity index (χ3v) is 4.10. The van der Waals surface area contributed by atoms with Crippen molar-refractivity contribution in [3.05, 3.63) is 28.1 Å². The minimum absolute atomic E-state index is 0.848. The van der Waals surface area contributed by atoms with E-state index in [0.29, 0.717) is 0 Å². The number of hydrogen-bond donors (Lipinski definition) is 2. The van der Waals surface area contributed by atoms with Crippen LogP contribution in [0.1, 0.15) is 0 Å². The molecule has 0 amide bonds. The molecule has 1 aliphatic heterocycles. The van der Waals surface area contributed by atoms with Crippen LogP contribution >= 0.6 is 27.3 Å². The largest absolute Gasteiger partial charge is 0.354 e. The number of thiophene rings is 1. The lowest BCUT2D eigenvalue weighted by Crippen LogP contribution is -2.26. The Bertz CT molecular complexity index is 561. The maximum atomic E-state index is 4.34. The standard InChI is InChI=1S/C11H10BrN3S/c12-8-2-1-7-3-6-16-10(7)9(8)15-11-13-4-5-14-11/h1-3,6H,4-5H2,(H2,13,14,15). The fourth-order valence-electron chi connectivity index (χ4n) is 1.72. The Balaban J connectivity index is 2.06. The van der Waals surface area contributed by atoms with E-state index >= 15 is 0 Å². The summed E-state index contributed by atoms with van der Waals surface area (Å²) in [7, 11) is 0. The molecule has 0 atom stereocenters. The van der Waals surface area contributed by atoms with Gasteiger partial charge in [0.1, 0.15) is 0 Å². The molecule has 1 aromatic carbocycles. The van der Waals surface area contributed by atoms with Crippen LogP contribution in [0.3, 0.4) is 0 Å². The average Bonchev–Trinajstić information content (AvgIpc) is 2.92. The first-order chi connectivity index (χ1) is 7.84. The minimum Gasteiger partial charge on any atom is -0.354 e. The molecule has 3 rings (SSSR count). The highest BCUT2D eigenvalue weighted by atomic mass is 79.9. The molecular formula is C11H10BrN3S. The third kappa shape index (κ3) is 1.70. The molecule has 0 fully saturated rings. The molecule has 0 bridgehead atoms. The van der Waals surface area contributed by atoms with Crippen molar-refractivity contribution in [2.45, 2.75) is 0 Å². The zero-order valence-corrected chi connectivity index (χ0v) is 10.9. The second-order valence-electron chi connectivity index (χ2n) is 3.54. The Labute approximate surface area is 106 Å². The van der Waals surface area contributed by atoms with Crippen LogP contribution in [-0.2, 0) is 0 Å². The molecule has 0 unspecified atom stereocenters. The first kappa shape index (κ1) is 10.1. The minimum atomic E-state index is 0.848. The summed E-state index contributed by atoms with van der Waals surface area (Å²) < 4.78 is 2.32. The number of fused-ring (bicyclic) bond motifs is 1. The lowest BCUT2D eigenvalue weighted by Gasteiger charge is -2.09. The van der Waals surface area contributed by atoms with E-state index in [4.69, 9.17) is 0 Å². The third-order valence-electron chi connectivity index (χ3n) is 2.49. The molecule has 16 heavy (non-hydrogen) atoms. The number of halogens is 1. The number of hydrogen-bond acceptors (Lipinski definition) is 4. The highest BCUT2D eigenvalue weighted by Gasteiger charge is 2.11. The Hall–Kier alpha value is -1.07. The van der Waals surface area contributed by atoms with Gasteiger partial charge < -0.3 is 10.6 Å². The van der Waals surface area contributed by atoms with E-state index < -0.39 is 0 Å². The van der Waals surface area contributed by atoms with Crippen LogP contribution in [0.2, 0.25) is 0 Å². The molecule has 0 spiro atoms. The molecule has 0 aliphatic carbocycles. The van der Waals surface area contributed by atoms with Gasteiger partial charge in [0.25, 0.3) is 0 Å². The van der Waals surface area contributed by atoms with Crippen LogP contribution in [0.4, 0.5) is 5.69 Å². The quantitative estimate of drug-likeness (QED) is 0.848. The summed E-state index contributed by atoms with van der Waals surface area (Å²) in [5.41, 5.74) is 1.10. The van der Waals surface area contributed by atoms with E-state index in [0.717, 1.165) is 29.2 Å². The number of nitrogens with zero attached hydrogens (tertiary/aromatic N) is 1. The second-order valence-corrected chi connectivity index (χ2v) is 5.31. The molecule has 1 aromatic heterocycles. The van der Waals surface area contributed by atoms with E-state index in [1.54, 1.807) is 11.3 Å². The molecule has 0 saturated carbocycles. The van der Waals surface area contributed by atoms with Crippen LogP contribution in [0.15, 0.2) is 33.0 Å². The molecule has 2 heterocycles. The Kier molecular flexibility index (Phi) is 2.57. The van der Waals surface area contributed by atoms with Gasteiger partial charge in [-0.3, -0.25) is 4.99 Å². The second kappa shape index (κ2) is 4.07. The van der Waals surface area contributed by atoms with Crippen molar-refractivity contribution in [3.63, 3.8) is 0 Å². The summed E-state index contributed by atoms with van der Waals surface area (Å²) in [5, 5.41) is 9.91. The van der Waals surface area contributed by atoms with Crippen molar-refractivity contribution < 1.29 is 0 Å². The summed E-state index contributed by atoms with van der Waals surface area (Å²) in [5.74, 6) is 0.863. The van der Waals surface area contributed by atoms with E-state index in [-0.39, 0.29) is 0 Å². The Morgan fingerprint density at radius 2 is 2.31 bits per heavy atom. The molecule has 0 saturated heterocycles. The molecule has 2 N–H and O–H groups in total. The topological polar surface area (TPSA) is 36.4 Å². The molecular weight excluding hydrogens is 286 g/mol. The number of anilines is 1. The van der Waals surface area contributed by atoms with Crippen molar-refractivity contribution >= 4 is 49.0 Å². The van der Waals surface area contributed by atoms with Gasteiger partial charge in [0.2, 0.25) is 0 Å². The normalized spacial score (nSPS) is 14.9. The number of nitrogens with one attached hydrogen (secondary N) is 2. The van der Waals surface area contributed by atoms with Crippen molar-refractivity contribution in [1.29, 1.82) is 0 Å². The molecule has 1 aliphatic rings. The number of guanidine groups is 1. The van der Waals surface area contributed by atoms with E-state index in [9.17, 15) is 0 Å². The summed E-state index contributed by atoms with van der Waals surface area (Å²) in [6, 6.07) is 6.30. The van der Waals surface area contributed by atoms with Crippen molar-refractivity contribution in [1.82, 2.24) is 5.32 Å². The predicted molar refractivity (Wildman–Crippen MR) is 73.5 cm³/mol. The maximum Gasteiger partial charge on any atom is 0.195 e. The van der Waals surface area contributed by atoms with Gasteiger partial charge in [-0.05, 0) is 38.8 Å². The van der Waals surface area contributed by atoms with Gasteiger partial charge in [-0.15, -0.1) is 11.3 Å². The van der Waals surface area contributed by atoms with Crippen molar-refractivity contribution in [3.8, 4) is 0 Å². The van der Waals surface area contributed by atoms with Gasteiger partial charge in [-0.25, -0.2) is 0 Å². The highest BCUT2D eigenvalue weighted by molar-refractivity contribution is 9.10. The Morgan fingerprint density at radius 1 is 1.38 bits per heavy atom. The van der Waals surface area contributed by atoms with E-state index in [1.165, 1.54) is 10.1 Å². The fraction of sp³-hybridized carbons (Fsp3) is 0.182. The van der Waals surface area contributed by atoms with Crippen molar-refractivity contribution in [2.24, 2.45) is 4.99 Å².